The standard InChI is InChI=1S/C34H37N5O2/c1-41-30-14-12-26(13-15-30)31-16-17-32(36-35-31)37-20-18-29(19-21-37)34(40)39-24-22-38(23-25-39)33(27-8-4-2-5-9-27)28-10-6-3-7-11-28/h2-17,29,33H,18-25H2,1H3. The summed E-state index contributed by atoms with van der Waals surface area (Å²) in [4.78, 5) is 20.4. The van der Waals surface area contributed by atoms with Crippen molar-refractivity contribution in [3.05, 3.63) is 108 Å². The number of hydrogen-bond donors (Lipinski definition) is 0. The van der Waals surface area contributed by atoms with Gasteiger partial charge in [-0.25, -0.2) is 0 Å². The predicted molar refractivity (Wildman–Crippen MR) is 162 cm³/mol. The summed E-state index contributed by atoms with van der Waals surface area (Å²) in [7, 11) is 1.66. The molecule has 4 aromatic rings. The van der Waals surface area contributed by atoms with Crippen molar-refractivity contribution >= 4 is 11.7 Å². The Morgan fingerprint density at radius 1 is 0.732 bits per heavy atom. The van der Waals surface area contributed by atoms with Gasteiger partial charge in [-0.05, 0) is 60.4 Å². The molecule has 210 valence electrons. The summed E-state index contributed by atoms with van der Waals surface area (Å²) in [6.07, 6.45) is 1.69. The van der Waals surface area contributed by atoms with Gasteiger partial charge < -0.3 is 14.5 Å². The van der Waals surface area contributed by atoms with E-state index in [2.05, 4.69) is 85.6 Å². The number of amides is 1. The summed E-state index contributed by atoms with van der Waals surface area (Å²) in [6, 6.07) is 33.5. The van der Waals surface area contributed by atoms with Crippen LogP contribution < -0.4 is 9.64 Å². The van der Waals surface area contributed by atoms with Crippen LogP contribution >= 0.6 is 0 Å². The molecule has 3 heterocycles. The van der Waals surface area contributed by atoms with Crippen molar-refractivity contribution in [2.24, 2.45) is 5.92 Å². The van der Waals surface area contributed by atoms with Crippen LogP contribution in [0.3, 0.4) is 0 Å². The number of hydrogen-bond acceptors (Lipinski definition) is 6. The largest absolute Gasteiger partial charge is 0.497 e. The van der Waals surface area contributed by atoms with Gasteiger partial charge in [0.2, 0.25) is 5.91 Å². The third kappa shape index (κ3) is 6.10. The number of anilines is 1. The molecular weight excluding hydrogens is 510 g/mol. The van der Waals surface area contributed by atoms with Gasteiger partial charge in [0, 0.05) is 50.7 Å². The minimum atomic E-state index is 0.0726. The van der Waals surface area contributed by atoms with Crippen LogP contribution in [0.1, 0.15) is 30.0 Å². The first kappa shape index (κ1) is 27.0. The fraction of sp³-hybridized carbons (Fsp3) is 0.324. The van der Waals surface area contributed by atoms with Crippen LogP contribution in [0.15, 0.2) is 97.1 Å². The Bertz CT molecular complexity index is 1360. The van der Waals surface area contributed by atoms with Gasteiger partial charge in [-0.3, -0.25) is 9.69 Å². The monoisotopic (exact) mass is 547 g/mol. The molecule has 1 aromatic heterocycles. The average Bonchev–Trinajstić information content (AvgIpc) is 3.06. The molecule has 0 unspecified atom stereocenters. The molecule has 7 nitrogen and oxygen atoms in total. The van der Waals surface area contributed by atoms with Gasteiger partial charge in [0.25, 0.3) is 0 Å². The fourth-order valence-electron chi connectivity index (χ4n) is 6.11. The SMILES string of the molecule is COc1ccc(-c2ccc(N3CCC(C(=O)N4CCN(C(c5ccccc5)c5ccccc5)CC4)CC3)nn2)cc1. The van der Waals surface area contributed by atoms with Crippen molar-refractivity contribution in [1.29, 1.82) is 0 Å². The lowest BCUT2D eigenvalue weighted by Gasteiger charge is -2.41. The van der Waals surface area contributed by atoms with E-state index in [9.17, 15) is 4.79 Å². The molecule has 41 heavy (non-hydrogen) atoms. The Balaban J connectivity index is 1.03. The van der Waals surface area contributed by atoms with Crippen LogP contribution in [0.25, 0.3) is 11.3 Å². The second kappa shape index (κ2) is 12.5. The lowest BCUT2D eigenvalue weighted by molar-refractivity contribution is -0.138. The highest BCUT2D eigenvalue weighted by Gasteiger charge is 2.33. The Morgan fingerprint density at radius 3 is 1.88 bits per heavy atom. The van der Waals surface area contributed by atoms with Crippen LogP contribution in [-0.4, -0.2) is 72.3 Å². The highest BCUT2D eigenvalue weighted by Crippen LogP contribution is 2.31. The molecule has 2 aliphatic heterocycles. The molecular formula is C34H37N5O2. The molecule has 1 amide bonds. The van der Waals surface area contributed by atoms with Gasteiger partial charge in [0.15, 0.2) is 5.82 Å². The van der Waals surface area contributed by atoms with E-state index in [4.69, 9.17) is 4.74 Å². The van der Waals surface area contributed by atoms with E-state index in [0.29, 0.717) is 5.91 Å². The number of rotatable bonds is 7. The van der Waals surface area contributed by atoms with E-state index in [1.165, 1.54) is 11.1 Å². The lowest BCUT2D eigenvalue weighted by Crippen LogP contribution is -2.52. The van der Waals surface area contributed by atoms with Crippen LogP contribution in [-0.2, 0) is 4.79 Å². The number of benzene rings is 3. The van der Waals surface area contributed by atoms with Crippen molar-refractivity contribution < 1.29 is 9.53 Å². The minimum Gasteiger partial charge on any atom is -0.497 e. The van der Waals surface area contributed by atoms with E-state index >= 15 is 0 Å². The van der Waals surface area contributed by atoms with Gasteiger partial charge in [-0.1, -0.05) is 60.7 Å². The summed E-state index contributed by atoms with van der Waals surface area (Å²) < 4.78 is 5.24. The van der Waals surface area contributed by atoms with Gasteiger partial charge in [-0.2, -0.15) is 0 Å². The van der Waals surface area contributed by atoms with E-state index in [1.54, 1.807) is 7.11 Å². The Labute approximate surface area is 242 Å². The van der Waals surface area contributed by atoms with Gasteiger partial charge in [0.1, 0.15) is 5.75 Å². The first-order chi connectivity index (χ1) is 20.2. The van der Waals surface area contributed by atoms with Crippen LogP contribution in [0.5, 0.6) is 5.75 Å². The Morgan fingerprint density at radius 2 is 1.34 bits per heavy atom. The number of carbonyl (C=O) groups is 1. The zero-order chi connectivity index (χ0) is 28.0. The first-order valence-electron chi connectivity index (χ1n) is 14.6. The summed E-state index contributed by atoms with van der Waals surface area (Å²) >= 11 is 0. The molecule has 0 atom stereocenters. The minimum absolute atomic E-state index is 0.0726. The van der Waals surface area contributed by atoms with E-state index < -0.39 is 0 Å². The second-order valence-corrected chi connectivity index (χ2v) is 10.9. The number of piperidine rings is 1. The summed E-state index contributed by atoms with van der Waals surface area (Å²) in [5, 5.41) is 8.96. The van der Waals surface area contributed by atoms with Crippen molar-refractivity contribution in [3.8, 4) is 17.0 Å². The molecule has 0 N–H and O–H groups in total. The molecule has 0 bridgehead atoms. The maximum absolute atomic E-state index is 13.5. The van der Waals surface area contributed by atoms with Crippen LogP contribution in [0.4, 0.5) is 5.82 Å². The molecule has 3 aromatic carbocycles. The van der Waals surface area contributed by atoms with Crippen molar-refractivity contribution in [3.63, 3.8) is 0 Å². The third-order valence-corrected chi connectivity index (χ3v) is 8.43. The fourth-order valence-corrected chi connectivity index (χ4v) is 6.11. The molecule has 0 aliphatic carbocycles. The van der Waals surface area contributed by atoms with Crippen molar-refractivity contribution in [2.75, 3.05) is 51.3 Å². The maximum Gasteiger partial charge on any atom is 0.225 e. The highest BCUT2D eigenvalue weighted by atomic mass is 16.5. The van der Waals surface area contributed by atoms with Crippen LogP contribution in [0.2, 0.25) is 0 Å². The number of aromatic nitrogens is 2. The molecule has 2 fully saturated rings. The molecule has 7 heteroatoms. The van der Waals surface area contributed by atoms with Crippen molar-refractivity contribution in [2.45, 2.75) is 18.9 Å². The van der Waals surface area contributed by atoms with Gasteiger partial charge in [-0.15, -0.1) is 10.2 Å². The summed E-state index contributed by atoms with van der Waals surface area (Å²) in [6.45, 7) is 4.92. The van der Waals surface area contributed by atoms with E-state index in [1.807, 2.05) is 36.4 Å². The second-order valence-electron chi connectivity index (χ2n) is 10.9. The number of piperazine rings is 1. The normalized spacial score (nSPS) is 16.6. The first-order valence-corrected chi connectivity index (χ1v) is 14.6. The van der Waals surface area contributed by atoms with E-state index in [-0.39, 0.29) is 12.0 Å². The molecule has 0 saturated carbocycles. The smallest absolute Gasteiger partial charge is 0.225 e. The zero-order valence-corrected chi connectivity index (χ0v) is 23.6. The summed E-state index contributed by atoms with van der Waals surface area (Å²) in [5.74, 6) is 2.07. The van der Waals surface area contributed by atoms with Crippen molar-refractivity contribution in [1.82, 2.24) is 20.0 Å². The third-order valence-electron chi connectivity index (χ3n) is 8.43. The highest BCUT2D eigenvalue weighted by molar-refractivity contribution is 5.79. The molecule has 6 rings (SSSR count). The molecule has 2 aliphatic rings. The summed E-state index contributed by atoms with van der Waals surface area (Å²) in [5.41, 5.74) is 4.44. The number of ether oxygens (including phenoxy) is 1. The topological polar surface area (TPSA) is 61.8 Å². The average molecular weight is 548 g/mol. The van der Waals surface area contributed by atoms with Gasteiger partial charge in [0.05, 0.1) is 18.8 Å². The number of carbonyl (C=O) groups excluding carboxylic acids is 1. The Hall–Kier alpha value is -4.23. The van der Waals surface area contributed by atoms with E-state index in [0.717, 1.165) is 74.9 Å². The zero-order valence-electron chi connectivity index (χ0n) is 23.6. The molecule has 0 radical (unpaired) electrons. The van der Waals surface area contributed by atoms with Crippen LogP contribution in [0, 0.1) is 5.92 Å². The molecule has 0 spiro atoms. The maximum atomic E-state index is 13.5. The molecule has 2 saturated heterocycles. The number of nitrogens with zero attached hydrogens (tertiary/aromatic N) is 5. The predicted octanol–water partition coefficient (Wildman–Crippen LogP) is 5.30. The Kier molecular flexibility index (Phi) is 8.23. The lowest BCUT2D eigenvalue weighted by atomic mass is 9.94. The van der Waals surface area contributed by atoms with Gasteiger partial charge >= 0.3 is 0 Å². The quantitative estimate of drug-likeness (QED) is 0.313. The number of methoxy groups -OCH3 is 1.